The van der Waals surface area contributed by atoms with Gasteiger partial charge in [-0.2, -0.15) is 0 Å². The summed E-state index contributed by atoms with van der Waals surface area (Å²) in [6, 6.07) is 0. The summed E-state index contributed by atoms with van der Waals surface area (Å²) in [5.41, 5.74) is 0. The van der Waals surface area contributed by atoms with Crippen LogP contribution in [0, 0.1) is 0 Å². The maximum absolute atomic E-state index is 2.51. The van der Waals surface area contributed by atoms with E-state index in [2.05, 4.69) is 27.7 Å². The van der Waals surface area contributed by atoms with Gasteiger partial charge in [0.1, 0.15) is 0 Å². The molecule has 0 spiro atoms. The number of unbranched alkanes of at least 4 members (excludes halogenated alkanes) is 30. The molecule has 42 heavy (non-hydrogen) atoms. The molecule has 0 aromatic rings. The molecule has 254 valence electrons. The zero-order valence-electron chi connectivity index (χ0n) is 30.6. The molecule has 1 nitrogen and oxygen atoms in total. The van der Waals surface area contributed by atoms with Crippen LogP contribution in [0.25, 0.3) is 0 Å². The lowest BCUT2D eigenvalue weighted by Gasteiger charge is -2.38. The molecule has 0 amide bonds. The molecule has 0 aliphatic rings. The maximum Gasteiger partial charge on any atom is 0.0786 e. The summed E-state index contributed by atoms with van der Waals surface area (Å²) in [4.78, 5) is 0. The molecule has 0 bridgehead atoms. The molecule has 0 aliphatic carbocycles. The standard InChI is InChI=1S/C41H86N/c1-5-9-12-15-18-21-24-27-30-33-36-39-42(8-4,40-37-34-31-28-25-22-19-16-13-10-6-2)41-38-35-32-29-26-23-20-17-14-11-7-3/h5-41H2,1-4H3/q+1. The van der Waals surface area contributed by atoms with Gasteiger partial charge in [-0.1, -0.05) is 194 Å². The van der Waals surface area contributed by atoms with Gasteiger partial charge in [-0.3, -0.25) is 0 Å². The van der Waals surface area contributed by atoms with E-state index in [1.165, 1.54) is 243 Å². The predicted molar refractivity (Wildman–Crippen MR) is 195 cm³/mol. The molecule has 1 heteroatoms. The van der Waals surface area contributed by atoms with Crippen molar-refractivity contribution >= 4 is 0 Å². The summed E-state index contributed by atoms with van der Waals surface area (Å²) < 4.78 is 1.44. The highest BCUT2D eigenvalue weighted by molar-refractivity contribution is 4.54. The molecule has 0 heterocycles. The molecule has 0 N–H and O–H groups in total. The van der Waals surface area contributed by atoms with Gasteiger partial charge in [-0.05, 0) is 45.4 Å². The van der Waals surface area contributed by atoms with E-state index in [9.17, 15) is 0 Å². The van der Waals surface area contributed by atoms with Crippen LogP contribution >= 0.6 is 0 Å². The predicted octanol–water partition coefficient (Wildman–Crippen LogP) is 14.8. The molecule has 0 radical (unpaired) electrons. The van der Waals surface area contributed by atoms with Gasteiger partial charge in [0.05, 0.1) is 26.2 Å². The second-order valence-corrected chi connectivity index (χ2v) is 14.4. The largest absolute Gasteiger partial charge is 0.324 e. The van der Waals surface area contributed by atoms with Crippen LogP contribution in [-0.2, 0) is 0 Å². The van der Waals surface area contributed by atoms with Crippen LogP contribution < -0.4 is 0 Å². The van der Waals surface area contributed by atoms with Gasteiger partial charge in [0.15, 0.2) is 0 Å². The van der Waals surface area contributed by atoms with Crippen molar-refractivity contribution in [2.45, 2.75) is 240 Å². The Morgan fingerprint density at radius 3 is 0.548 bits per heavy atom. The molecule has 0 unspecified atom stereocenters. The van der Waals surface area contributed by atoms with Crippen LogP contribution in [0.1, 0.15) is 240 Å². The number of hydrogen-bond donors (Lipinski definition) is 0. The first-order valence-corrected chi connectivity index (χ1v) is 20.6. The fourth-order valence-corrected chi connectivity index (χ4v) is 7.14. The lowest BCUT2D eigenvalue weighted by Crippen LogP contribution is -2.50. The average Bonchev–Trinajstić information content (AvgIpc) is 3.01. The van der Waals surface area contributed by atoms with Crippen molar-refractivity contribution in [2.24, 2.45) is 0 Å². The molecule has 0 aromatic carbocycles. The molecule has 0 fully saturated rings. The van der Waals surface area contributed by atoms with E-state index in [1.807, 2.05) is 0 Å². The lowest BCUT2D eigenvalue weighted by molar-refractivity contribution is -0.927. The van der Waals surface area contributed by atoms with E-state index >= 15 is 0 Å². The minimum atomic E-state index is 1.37. The third kappa shape index (κ3) is 30.0. The van der Waals surface area contributed by atoms with Gasteiger partial charge < -0.3 is 4.48 Å². The fraction of sp³-hybridized carbons (Fsp3) is 1.00. The highest BCUT2D eigenvalue weighted by Gasteiger charge is 2.23. The van der Waals surface area contributed by atoms with Crippen molar-refractivity contribution in [1.82, 2.24) is 0 Å². The Morgan fingerprint density at radius 2 is 0.381 bits per heavy atom. The first kappa shape index (κ1) is 42.0. The molecule has 0 saturated heterocycles. The first-order chi connectivity index (χ1) is 20.7. The summed E-state index contributed by atoms with van der Waals surface area (Å²) in [6.45, 7) is 15.2. The zero-order valence-corrected chi connectivity index (χ0v) is 30.6. The molecular weight excluding hydrogens is 506 g/mol. The van der Waals surface area contributed by atoms with Gasteiger partial charge >= 0.3 is 0 Å². The van der Waals surface area contributed by atoms with E-state index < -0.39 is 0 Å². The molecular formula is C41H86N+. The smallest absolute Gasteiger partial charge is 0.0786 e. The van der Waals surface area contributed by atoms with Crippen molar-refractivity contribution in [3.63, 3.8) is 0 Å². The second kappa shape index (κ2) is 35.4. The number of hydrogen-bond acceptors (Lipinski definition) is 0. The van der Waals surface area contributed by atoms with Crippen LogP contribution in [-0.4, -0.2) is 30.7 Å². The van der Waals surface area contributed by atoms with Crippen LogP contribution in [0.3, 0.4) is 0 Å². The Morgan fingerprint density at radius 1 is 0.214 bits per heavy atom. The Balaban J connectivity index is 4.21. The normalized spacial score (nSPS) is 12.0. The minimum Gasteiger partial charge on any atom is -0.324 e. The highest BCUT2D eigenvalue weighted by atomic mass is 15.3. The summed E-state index contributed by atoms with van der Waals surface area (Å²) >= 11 is 0. The zero-order chi connectivity index (χ0) is 30.7. The van der Waals surface area contributed by atoms with Crippen LogP contribution in [0.5, 0.6) is 0 Å². The highest BCUT2D eigenvalue weighted by Crippen LogP contribution is 2.19. The van der Waals surface area contributed by atoms with Gasteiger partial charge in [0.25, 0.3) is 0 Å². The van der Waals surface area contributed by atoms with Gasteiger partial charge in [-0.15, -0.1) is 0 Å². The van der Waals surface area contributed by atoms with E-state index in [0.717, 1.165) is 0 Å². The van der Waals surface area contributed by atoms with Gasteiger partial charge in [0.2, 0.25) is 0 Å². The van der Waals surface area contributed by atoms with Crippen molar-refractivity contribution in [3.05, 3.63) is 0 Å². The monoisotopic (exact) mass is 593 g/mol. The Bertz CT molecular complexity index is 407. The van der Waals surface area contributed by atoms with E-state index in [1.54, 1.807) is 0 Å². The lowest BCUT2D eigenvalue weighted by atomic mass is 10.0. The average molecular weight is 593 g/mol. The quantitative estimate of drug-likeness (QED) is 0.0497. The van der Waals surface area contributed by atoms with Crippen LogP contribution in [0.4, 0.5) is 0 Å². The topological polar surface area (TPSA) is 0 Å². The third-order valence-corrected chi connectivity index (χ3v) is 10.4. The molecule has 0 rings (SSSR count). The summed E-state index contributed by atoms with van der Waals surface area (Å²) in [5.74, 6) is 0. The Hall–Kier alpha value is -0.0400. The fourth-order valence-electron chi connectivity index (χ4n) is 7.14. The first-order valence-electron chi connectivity index (χ1n) is 20.6. The third-order valence-electron chi connectivity index (χ3n) is 10.4. The number of quaternary nitrogens is 1. The van der Waals surface area contributed by atoms with E-state index in [4.69, 9.17) is 0 Å². The number of nitrogens with zero attached hydrogens (tertiary/aromatic N) is 1. The summed E-state index contributed by atoms with van der Waals surface area (Å²) in [6.07, 6.45) is 48.3. The summed E-state index contributed by atoms with van der Waals surface area (Å²) in [5, 5.41) is 0. The molecule has 0 saturated carbocycles. The molecule has 0 atom stereocenters. The van der Waals surface area contributed by atoms with E-state index in [0.29, 0.717) is 0 Å². The minimum absolute atomic E-state index is 1.37. The molecule has 0 aromatic heterocycles. The Labute approximate surface area is 269 Å². The van der Waals surface area contributed by atoms with Crippen LogP contribution in [0.15, 0.2) is 0 Å². The molecule has 0 aliphatic heterocycles. The van der Waals surface area contributed by atoms with Crippen molar-refractivity contribution < 1.29 is 4.48 Å². The van der Waals surface area contributed by atoms with Gasteiger partial charge in [0, 0.05) is 0 Å². The SMILES string of the molecule is CCCCCCCCCCCCC[N+](CC)(CCCCCCCCCCCCC)CCCCCCCCCCCCC. The summed E-state index contributed by atoms with van der Waals surface area (Å²) in [7, 11) is 0. The van der Waals surface area contributed by atoms with Crippen molar-refractivity contribution in [3.8, 4) is 0 Å². The Kier molecular flexibility index (Phi) is 35.4. The van der Waals surface area contributed by atoms with Crippen molar-refractivity contribution in [2.75, 3.05) is 26.2 Å². The number of rotatable bonds is 37. The van der Waals surface area contributed by atoms with Gasteiger partial charge in [-0.25, -0.2) is 0 Å². The van der Waals surface area contributed by atoms with E-state index in [-0.39, 0.29) is 0 Å². The van der Waals surface area contributed by atoms with Crippen molar-refractivity contribution in [1.29, 1.82) is 0 Å². The maximum atomic E-state index is 2.51. The van der Waals surface area contributed by atoms with Crippen LogP contribution in [0.2, 0.25) is 0 Å². The second-order valence-electron chi connectivity index (χ2n) is 14.4.